The zero-order valence-corrected chi connectivity index (χ0v) is 13.5. The van der Waals surface area contributed by atoms with Crippen LogP contribution in [-0.2, 0) is 14.3 Å². The lowest BCUT2D eigenvalue weighted by Gasteiger charge is -2.19. The highest BCUT2D eigenvalue weighted by molar-refractivity contribution is 6.34. The lowest BCUT2D eigenvalue weighted by Crippen LogP contribution is -2.26. The summed E-state index contributed by atoms with van der Waals surface area (Å²) >= 11 is 0. The van der Waals surface area contributed by atoms with Gasteiger partial charge in [-0.05, 0) is 26.8 Å². The van der Waals surface area contributed by atoms with Gasteiger partial charge < -0.3 is 9.47 Å². The predicted molar refractivity (Wildman–Crippen MR) is 82.3 cm³/mol. The highest BCUT2D eigenvalue weighted by Crippen LogP contribution is 2.28. The molecule has 2 aromatic rings. The molecule has 122 valence electrons. The van der Waals surface area contributed by atoms with E-state index in [1.165, 1.54) is 23.2 Å². The van der Waals surface area contributed by atoms with E-state index in [0.29, 0.717) is 10.9 Å². The molecule has 0 aromatic carbocycles. The number of pyridine rings is 1. The number of rotatable bonds is 3. The van der Waals surface area contributed by atoms with Crippen LogP contribution in [0.4, 0.5) is 4.79 Å². The third-order valence-corrected chi connectivity index (χ3v) is 2.91. The Balaban J connectivity index is 2.42. The van der Waals surface area contributed by atoms with Crippen LogP contribution >= 0.6 is 0 Å². The van der Waals surface area contributed by atoms with Crippen molar-refractivity contribution in [3.63, 3.8) is 0 Å². The number of carbonyl (C=O) groups is 3. The van der Waals surface area contributed by atoms with E-state index in [4.69, 9.17) is 9.47 Å². The Kier molecular flexibility index (Phi) is 4.49. The first-order valence-corrected chi connectivity index (χ1v) is 7.16. The molecule has 2 heterocycles. The number of carbonyl (C=O) groups excluding carboxylic acids is 3. The first-order valence-electron chi connectivity index (χ1n) is 7.16. The van der Waals surface area contributed by atoms with Crippen molar-refractivity contribution in [1.29, 1.82) is 0 Å². The Morgan fingerprint density at radius 2 is 1.96 bits per heavy atom. The fourth-order valence-corrected chi connectivity index (χ4v) is 1.89. The maximum absolute atomic E-state index is 12.3. The molecule has 23 heavy (non-hydrogen) atoms. The smallest absolute Gasteiger partial charge is 0.419 e. The Labute approximate surface area is 133 Å². The van der Waals surface area contributed by atoms with Gasteiger partial charge in [-0.3, -0.25) is 9.78 Å². The number of ketones is 1. The summed E-state index contributed by atoms with van der Waals surface area (Å²) in [7, 11) is 0. The molecule has 0 aliphatic rings. The molecular weight excluding hydrogens is 300 g/mol. The second-order valence-corrected chi connectivity index (χ2v) is 5.90. The molecule has 0 amide bonds. The maximum Gasteiger partial charge on any atom is 0.419 e. The van der Waals surface area contributed by atoms with Crippen LogP contribution in [0.3, 0.4) is 0 Å². The fraction of sp³-hybridized carbons (Fsp3) is 0.375. The normalized spacial score (nSPS) is 11.3. The van der Waals surface area contributed by atoms with Crippen molar-refractivity contribution in [1.82, 2.24) is 9.55 Å². The number of hydrogen-bond donors (Lipinski definition) is 0. The van der Waals surface area contributed by atoms with E-state index in [1.54, 1.807) is 33.8 Å². The van der Waals surface area contributed by atoms with Crippen LogP contribution in [0.1, 0.15) is 34.1 Å². The first-order chi connectivity index (χ1) is 10.7. The van der Waals surface area contributed by atoms with Crippen LogP contribution in [0.15, 0.2) is 24.7 Å². The highest BCUT2D eigenvalue weighted by atomic mass is 16.6. The van der Waals surface area contributed by atoms with E-state index in [-0.39, 0.29) is 12.2 Å². The third kappa shape index (κ3) is 3.74. The fourth-order valence-electron chi connectivity index (χ4n) is 1.89. The number of ether oxygens (including phenoxy) is 2. The number of aromatic nitrogens is 2. The van der Waals surface area contributed by atoms with Crippen molar-refractivity contribution in [2.24, 2.45) is 0 Å². The average Bonchev–Trinajstić information content (AvgIpc) is 2.84. The summed E-state index contributed by atoms with van der Waals surface area (Å²) in [6.45, 7) is 6.80. The lowest BCUT2D eigenvalue weighted by molar-refractivity contribution is -0.146. The highest BCUT2D eigenvalue weighted by Gasteiger charge is 2.23. The summed E-state index contributed by atoms with van der Waals surface area (Å²) in [6, 6.07) is 1.59. The largest absolute Gasteiger partial charge is 0.443 e. The van der Waals surface area contributed by atoms with Crippen LogP contribution in [0, 0.1) is 0 Å². The maximum atomic E-state index is 12.3. The van der Waals surface area contributed by atoms with E-state index in [2.05, 4.69) is 4.98 Å². The molecule has 0 radical (unpaired) electrons. The lowest BCUT2D eigenvalue weighted by atomic mass is 10.2. The second kappa shape index (κ2) is 6.20. The van der Waals surface area contributed by atoms with Crippen molar-refractivity contribution in [2.75, 3.05) is 0 Å². The molecule has 0 bridgehead atoms. The first kappa shape index (κ1) is 16.7. The summed E-state index contributed by atoms with van der Waals surface area (Å²) in [4.78, 5) is 39.3. The molecule has 0 atom stereocenters. The minimum Gasteiger partial charge on any atom is -0.443 e. The average molecular weight is 318 g/mol. The zero-order valence-electron chi connectivity index (χ0n) is 13.5. The summed E-state index contributed by atoms with van der Waals surface area (Å²) in [5.41, 5.74) is -0.251. The molecule has 0 saturated heterocycles. The molecule has 2 aromatic heterocycles. The van der Waals surface area contributed by atoms with Gasteiger partial charge in [0.2, 0.25) is 5.78 Å². The summed E-state index contributed by atoms with van der Waals surface area (Å²) in [6.07, 6.45) is 3.70. The van der Waals surface area contributed by atoms with Crippen molar-refractivity contribution in [2.45, 2.75) is 39.7 Å². The molecule has 0 saturated carbocycles. The Bertz CT molecular complexity index is 770. The summed E-state index contributed by atoms with van der Waals surface area (Å²) in [5.74, 6) is -1.50. The molecule has 0 fully saturated rings. The van der Waals surface area contributed by atoms with Crippen LogP contribution in [-0.4, -0.2) is 33.0 Å². The van der Waals surface area contributed by atoms with Crippen LogP contribution in [0.2, 0.25) is 0 Å². The molecule has 7 heteroatoms. The number of hydrogen-bond acceptors (Lipinski definition) is 6. The quantitative estimate of drug-likeness (QED) is 0.638. The third-order valence-electron chi connectivity index (χ3n) is 2.91. The van der Waals surface area contributed by atoms with Gasteiger partial charge in [0.05, 0.1) is 17.9 Å². The van der Waals surface area contributed by atoms with Crippen molar-refractivity contribution >= 4 is 28.7 Å². The van der Waals surface area contributed by atoms with E-state index in [1.807, 2.05) is 0 Å². The summed E-state index contributed by atoms with van der Waals surface area (Å²) in [5, 5.41) is 0.489. The van der Waals surface area contributed by atoms with Crippen LogP contribution in [0.5, 0.6) is 5.75 Å². The number of fused-ring (bicyclic) bond motifs is 1. The number of esters is 1. The van der Waals surface area contributed by atoms with E-state index in [0.717, 1.165) is 0 Å². The number of nitrogens with zero attached hydrogens (tertiary/aromatic N) is 2. The topological polar surface area (TPSA) is 87.5 Å². The van der Waals surface area contributed by atoms with E-state index >= 15 is 0 Å². The number of Topliss-reactive ketones (excluding diaryl/α,β-unsaturated/α-hetero) is 1. The predicted octanol–water partition coefficient (Wildman–Crippen LogP) is 2.70. The molecule has 0 aliphatic heterocycles. The van der Waals surface area contributed by atoms with Crippen LogP contribution < -0.4 is 4.74 Å². The zero-order chi connectivity index (χ0) is 17.2. The molecule has 2 rings (SSSR count). The van der Waals surface area contributed by atoms with Gasteiger partial charge in [0.1, 0.15) is 5.60 Å². The molecule has 0 spiro atoms. The molecule has 0 aliphatic carbocycles. The van der Waals surface area contributed by atoms with Gasteiger partial charge in [-0.25, -0.2) is 14.2 Å². The van der Waals surface area contributed by atoms with Gasteiger partial charge >= 0.3 is 12.1 Å². The minimum atomic E-state index is -0.965. The van der Waals surface area contributed by atoms with E-state index in [9.17, 15) is 14.4 Å². The molecule has 7 nitrogen and oxygen atoms in total. The van der Waals surface area contributed by atoms with Gasteiger partial charge in [0, 0.05) is 18.0 Å². The van der Waals surface area contributed by atoms with Gasteiger partial charge in [-0.2, -0.15) is 0 Å². The molecule has 0 N–H and O–H groups in total. The monoisotopic (exact) mass is 318 g/mol. The Hall–Kier alpha value is -2.70. The van der Waals surface area contributed by atoms with Gasteiger partial charge in [0.15, 0.2) is 5.75 Å². The van der Waals surface area contributed by atoms with Gasteiger partial charge in [-0.15, -0.1) is 0 Å². The Morgan fingerprint density at radius 1 is 1.26 bits per heavy atom. The van der Waals surface area contributed by atoms with Crippen molar-refractivity contribution < 1.29 is 23.9 Å². The van der Waals surface area contributed by atoms with Crippen molar-refractivity contribution in [3.8, 4) is 5.75 Å². The molecule has 0 unspecified atom stereocenters. The van der Waals surface area contributed by atoms with Crippen LogP contribution in [0.25, 0.3) is 10.9 Å². The van der Waals surface area contributed by atoms with E-state index < -0.39 is 23.4 Å². The second-order valence-electron chi connectivity index (χ2n) is 5.90. The van der Waals surface area contributed by atoms with Gasteiger partial charge in [-0.1, -0.05) is 6.92 Å². The minimum absolute atomic E-state index is 0.0467. The summed E-state index contributed by atoms with van der Waals surface area (Å²) < 4.78 is 11.6. The standard InChI is InChI=1S/C16H18N2O5/c1-5-12(19)14(20)22-13-9-18(15(21)23-16(2,3)4)11-8-17-7-6-10(11)13/h6-9H,5H2,1-4H3. The Morgan fingerprint density at radius 3 is 2.57 bits per heavy atom. The van der Waals surface area contributed by atoms with Gasteiger partial charge in [0.25, 0.3) is 0 Å². The SMILES string of the molecule is CCC(=O)C(=O)Oc1cn(C(=O)OC(C)(C)C)c2cnccc12. The van der Waals surface area contributed by atoms with Crippen molar-refractivity contribution in [3.05, 3.63) is 24.7 Å². The molecular formula is C16H18N2O5.